The maximum atomic E-state index is 12.6. The van der Waals surface area contributed by atoms with Crippen molar-refractivity contribution in [3.63, 3.8) is 0 Å². The van der Waals surface area contributed by atoms with Gasteiger partial charge < -0.3 is 0 Å². The second-order valence-electron chi connectivity index (χ2n) is 4.76. The number of aryl methyl sites for hydroxylation is 2. The highest BCUT2D eigenvalue weighted by atomic mass is 32.2. The van der Waals surface area contributed by atoms with E-state index in [1.165, 1.54) is 0 Å². The second-order valence-corrected chi connectivity index (χ2v) is 6.94. The lowest BCUT2D eigenvalue weighted by Crippen LogP contribution is -2.15. The monoisotopic (exact) mass is 319 g/mol. The summed E-state index contributed by atoms with van der Waals surface area (Å²) in [5.74, 6) is 0. The molecule has 5 nitrogen and oxygen atoms in total. The number of rotatable bonds is 3. The van der Waals surface area contributed by atoms with Crippen LogP contribution < -0.4 is 4.72 Å². The Labute approximate surface area is 127 Å². The van der Waals surface area contributed by atoms with Crippen LogP contribution in [0.4, 0.5) is 5.69 Å². The van der Waals surface area contributed by atoms with Gasteiger partial charge in [-0.25, -0.2) is 8.42 Å². The Kier molecular flexibility index (Phi) is 3.38. The van der Waals surface area contributed by atoms with E-state index in [-0.39, 0.29) is 4.90 Å². The fraction of sp³-hybridized carbons (Fsp3) is 0.143. The summed E-state index contributed by atoms with van der Waals surface area (Å²) in [6.07, 6.45) is 0. The number of aromatic nitrogens is 2. The van der Waals surface area contributed by atoms with E-state index in [9.17, 15) is 8.42 Å². The maximum Gasteiger partial charge on any atom is 0.264 e. The summed E-state index contributed by atoms with van der Waals surface area (Å²) in [4.78, 5) is 0.149. The van der Waals surface area contributed by atoms with E-state index in [0.29, 0.717) is 16.7 Å². The lowest BCUT2D eigenvalue weighted by atomic mass is 10.1. The molecule has 21 heavy (non-hydrogen) atoms. The van der Waals surface area contributed by atoms with E-state index < -0.39 is 10.0 Å². The molecule has 3 aromatic rings. The maximum absolute atomic E-state index is 12.6. The summed E-state index contributed by atoms with van der Waals surface area (Å²) in [6.45, 7) is 3.74. The number of hydrogen-bond donors (Lipinski definition) is 1. The molecule has 0 unspecified atom stereocenters. The van der Waals surface area contributed by atoms with Crippen LogP contribution in [0.2, 0.25) is 0 Å². The molecule has 0 aliphatic heterocycles. The normalized spacial score (nSPS) is 11.7. The standard InChI is InChI=1S/C14H13N3O2S2/c1-9-5-3-6-10(2)13(9)17-21(18,19)12-8-4-7-11-14(12)16-20-15-11/h3-8,17H,1-2H3. The number of benzene rings is 2. The number of hydrogen-bond acceptors (Lipinski definition) is 5. The molecule has 1 heterocycles. The van der Waals surface area contributed by atoms with Gasteiger partial charge in [-0.2, -0.15) is 8.75 Å². The van der Waals surface area contributed by atoms with Crippen LogP contribution in [-0.2, 0) is 10.0 Å². The number of fused-ring (bicyclic) bond motifs is 1. The Morgan fingerprint density at radius 3 is 2.38 bits per heavy atom. The number of sulfonamides is 1. The van der Waals surface area contributed by atoms with E-state index >= 15 is 0 Å². The van der Waals surface area contributed by atoms with E-state index in [1.807, 2.05) is 32.0 Å². The molecule has 7 heteroatoms. The molecule has 1 aromatic heterocycles. The van der Waals surface area contributed by atoms with Crippen LogP contribution in [0.1, 0.15) is 11.1 Å². The smallest absolute Gasteiger partial charge is 0.264 e. The van der Waals surface area contributed by atoms with Crippen molar-refractivity contribution in [2.45, 2.75) is 18.7 Å². The third kappa shape index (κ3) is 2.50. The minimum absolute atomic E-state index is 0.149. The first-order valence-corrected chi connectivity index (χ1v) is 8.51. The van der Waals surface area contributed by atoms with Gasteiger partial charge in [-0.05, 0) is 37.1 Å². The van der Waals surface area contributed by atoms with Gasteiger partial charge >= 0.3 is 0 Å². The Morgan fingerprint density at radius 1 is 1.00 bits per heavy atom. The summed E-state index contributed by atoms with van der Waals surface area (Å²) in [5, 5.41) is 0. The van der Waals surface area contributed by atoms with Crippen molar-refractivity contribution in [2.75, 3.05) is 4.72 Å². The van der Waals surface area contributed by atoms with Crippen molar-refractivity contribution >= 4 is 38.5 Å². The first-order valence-electron chi connectivity index (χ1n) is 6.29. The van der Waals surface area contributed by atoms with Crippen LogP contribution in [0.15, 0.2) is 41.3 Å². The molecular formula is C14H13N3O2S2. The van der Waals surface area contributed by atoms with E-state index in [2.05, 4.69) is 13.5 Å². The van der Waals surface area contributed by atoms with E-state index in [4.69, 9.17) is 0 Å². The number of nitrogens with zero attached hydrogens (tertiary/aromatic N) is 2. The molecule has 3 rings (SSSR count). The Hall–Kier alpha value is -1.99. The van der Waals surface area contributed by atoms with Crippen LogP contribution in [0.25, 0.3) is 11.0 Å². The largest absolute Gasteiger partial charge is 0.279 e. The highest BCUT2D eigenvalue weighted by molar-refractivity contribution is 7.93. The van der Waals surface area contributed by atoms with Crippen LogP contribution in [-0.4, -0.2) is 17.2 Å². The van der Waals surface area contributed by atoms with Gasteiger partial charge in [0.25, 0.3) is 10.0 Å². The molecule has 0 fully saturated rings. The lowest BCUT2D eigenvalue weighted by molar-refractivity contribution is 0.602. The molecule has 0 bridgehead atoms. The van der Waals surface area contributed by atoms with Gasteiger partial charge in [0.15, 0.2) is 0 Å². The van der Waals surface area contributed by atoms with E-state index in [1.54, 1.807) is 18.2 Å². The summed E-state index contributed by atoms with van der Waals surface area (Å²) < 4.78 is 36.1. The molecule has 0 amide bonds. The van der Waals surface area contributed by atoms with Crippen molar-refractivity contribution in [3.05, 3.63) is 47.5 Å². The van der Waals surface area contributed by atoms with Crippen molar-refractivity contribution in [3.8, 4) is 0 Å². The molecule has 0 saturated heterocycles. The van der Waals surface area contributed by atoms with Crippen molar-refractivity contribution in [1.82, 2.24) is 8.75 Å². The average Bonchev–Trinajstić information content (AvgIpc) is 2.91. The molecule has 0 spiro atoms. The average molecular weight is 319 g/mol. The molecule has 108 valence electrons. The lowest BCUT2D eigenvalue weighted by Gasteiger charge is -2.13. The second kappa shape index (κ2) is 5.09. The molecule has 0 radical (unpaired) electrons. The molecule has 2 aromatic carbocycles. The molecule has 1 N–H and O–H groups in total. The summed E-state index contributed by atoms with van der Waals surface area (Å²) in [5.41, 5.74) is 3.35. The van der Waals surface area contributed by atoms with Crippen molar-refractivity contribution in [1.29, 1.82) is 0 Å². The molecule has 0 atom stereocenters. The van der Waals surface area contributed by atoms with Gasteiger partial charge in [0.05, 0.1) is 17.4 Å². The van der Waals surface area contributed by atoms with E-state index in [0.717, 1.165) is 22.9 Å². The first-order chi connectivity index (χ1) is 9.99. The summed E-state index contributed by atoms with van der Waals surface area (Å²) in [6, 6.07) is 10.6. The van der Waals surface area contributed by atoms with Gasteiger partial charge in [-0.1, -0.05) is 24.3 Å². The molecule has 0 aliphatic rings. The zero-order valence-corrected chi connectivity index (χ0v) is 13.1. The van der Waals surface area contributed by atoms with Crippen LogP contribution in [0, 0.1) is 13.8 Å². The molecular weight excluding hydrogens is 306 g/mol. The first kappa shape index (κ1) is 14.0. The minimum atomic E-state index is -3.70. The summed E-state index contributed by atoms with van der Waals surface area (Å²) in [7, 11) is -3.70. The number of anilines is 1. The quantitative estimate of drug-likeness (QED) is 0.805. The highest BCUT2D eigenvalue weighted by Gasteiger charge is 2.20. The van der Waals surface area contributed by atoms with Gasteiger partial charge in [0, 0.05) is 0 Å². The fourth-order valence-corrected chi connectivity index (χ4v) is 4.13. The van der Waals surface area contributed by atoms with Gasteiger partial charge in [-0.3, -0.25) is 4.72 Å². The zero-order chi connectivity index (χ0) is 15.0. The van der Waals surface area contributed by atoms with Crippen LogP contribution in [0.5, 0.6) is 0 Å². The van der Waals surface area contributed by atoms with Crippen LogP contribution in [0.3, 0.4) is 0 Å². The van der Waals surface area contributed by atoms with Gasteiger partial charge in [0.1, 0.15) is 15.9 Å². The number of nitrogens with one attached hydrogen (secondary N) is 1. The van der Waals surface area contributed by atoms with Crippen molar-refractivity contribution < 1.29 is 8.42 Å². The topological polar surface area (TPSA) is 72.0 Å². The predicted molar refractivity (Wildman–Crippen MR) is 84.1 cm³/mol. The summed E-state index contributed by atoms with van der Waals surface area (Å²) >= 11 is 1.00. The SMILES string of the molecule is Cc1cccc(C)c1NS(=O)(=O)c1cccc2nsnc12. The third-order valence-corrected chi connectivity index (χ3v) is 5.18. The number of para-hydroxylation sites is 1. The zero-order valence-electron chi connectivity index (χ0n) is 11.5. The molecule has 0 saturated carbocycles. The Morgan fingerprint density at radius 2 is 1.67 bits per heavy atom. The highest BCUT2D eigenvalue weighted by Crippen LogP contribution is 2.26. The van der Waals surface area contributed by atoms with Gasteiger partial charge in [0.2, 0.25) is 0 Å². The van der Waals surface area contributed by atoms with Gasteiger partial charge in [-0.15, -0.1) is 0 Å². The van der Waals surface area contributed by atoms with Crippen LogP contribution >= 0.6 is 11.7 Å². The molecule has 0 aliphatic carbocycles. The minimum Gasteiger partial charge on any atom is -0.279 e. The van der Waals surface area contributed by atoms with Crippen molar-refractivity contribution in [2.24, 2.45) is 0 Å². The third-order valence-electron chi connectivity index (χ3n) is 3.26. The fourth-order valence-electron chi connectivity index (χ4n) is 2.16. The predicted octanol–water partition coefficient (Wildman–Crippen LogP) is 3.11. The Bertz CT molecular complexity index is 897. The Balaban J connectivity index is 2.11.